The van der Waals surface area contributed by atoms with Gasteiger partial charge in [-0.1, -0.05) is 0 Å². The van der Waals surface area contributed by atoms with E-state index in [1.807, 2.05) is 0 Å². The summed E-state index contributed by atoms with van der Waals surface area (Å²) >= 11 is 0. The van der Waals surface area contributed by atoms with Gasteiger partial charge in [-0.2, -0.15) is 13.2 Å². The Bertz CT molecular complexity index is 434. The van der Waals surface area contributed by atoms with E-state index in [1.165, 1.54) is 4.90 Å². The van der Waals surface area contributed by atoms with Crippen LogP contribution in [0.3, 0.4) is 0 Å². The Kier molecular flexibility index (Phi) is 5.89. The summed E-state index contributed by atoms with van der Waals surface area (Å²) in [5, 5.41) is 12.4. The van der Waals surface area contributed by atoms with E-state index >= 15 is 0 Å². The summed E-state index contributed by atoms with van der Waals surface area (Å²) in [6, 6.07) is -0.270. The number of hydrogen-bond acceptors (Lipinski definition) is 3. The molecule has 132 valence electrons. The van der Waals surface area contributed by atoms with Crippen molar-refractivity contribution in [1.29, 1.82) is 0 Å². The highest BCUT2D eigenvalue weighted by molar-refractivity contribution is 5.87. The number of nitrogens with zero attached hydrogens (tertiary/aromatic N) is 1. The highest BCUT2D eigenvalue weighted by Gasteiger charge is 2.41. The zero-order valence-electron chi connectivity index (χ0n) is 12.9. The maximum atomic E-state index is 12.6. The fourth-order valence-corrected chi connectivity index (χ4v) is 3.25. The van der Waals surface area contributed by atoms with Crippen LogP contribution in [0.15, 0.2) is 0 Å². The zero-order valence-corrected chi connectivity index (χ0v) is 12.9. The molecule has 1 aliphatic carbocycles. The molecule has 1 saturated carbocycles. The number of amides is 2. The van der Waals surface area contributed by atoms with Crippen LogP contribution < -0.4 is 5.32 Å². The maximum Gasteiger partial charge on any atom is 0.391 e. The molecule has 1 aliphatic heterocycles. The summed E-state index contributed by atoms with van der Waals surface area (Å²) in [5.74, 6) is -2.10. The first-order valence-corrected chi connectivity index (χ1v) is 8.10. The average Bonchev–Trinajstić information content (AvgIpc) is 2.62. The van der Waals surface area contributed by atoms with E-state index in [0.29, 0.717) is 25.8 Å². The Hall–Kier alpha value is -1.31. The summed E-state index contributed by atoms with van der Waals surface area (Å²) in [6.45, 7) is 0.277. The van der Waals surface area contributed by atoms with Crippen LogP contribution in [-0.2, 0) is 9.59 Å². The molecule has 1 atom stereocenters. The van der Waals surface area contributed by atoms with Crippen LogP contribution >= 0.6 is 0 Å². The molecule has 8 heteroatoms. The van der Waals surface area contributed by atoms with Crippen LogP contribution in [0, 0.1) is 5.92 Å². The van der Waals surface area contributed by atoms with Crippen LogP contribution in [0.5, 0.6) is 0 Å². The van der Waals surface area contributed by atoms with E-state index in [9.17, 15) is 27.9 Å². The van der Waals surface area contributed by atoms with Crippen LogP contribution in [0.25, 0.3) is 0 Å². The van der Waals surface area contributed by atoms with Crippen LogP contribution in [0.2, 0.25) is 0 Å². The molecule has 5 nitrogen and oxygen atoms in total. The second-order valence-corrected chi connectivity index (χ2v) is 6.43. The predicted molar refractivity (Wildman–Crippen MR) is 76.4 cm³/mol. The van der Waals surface area contributed by atoms with Crippen molar-refractivity contribution in [1.82, 2.24) is 10.2 Å². The first kappa shape index (κ1) is 18.0. The third-order valence-corrected chi connectivity index (χ3v) is 4.64. The standard InChI is InChI=1S/C15H23F3N2O3/c16-15(17,18)10-4-6-11(7-5-10)19-13(22)9-20-8-2-1-3-12(21)14(20)23/h10-12,21H,1-9H2,(H,19,22). The number of rotatable bonds is 3. The van der Waals surface area contributed by atoms with Crippen molar-refractivity contribution < 1.29 is 27.9 Å². The van der Waals surface area contributed by atoms with Crippen molar-refractivity contribution in [3.8, 4) is 0 Å². The Morgan fingerprint density at radius 2 is 1.83 bits per heavy atom. The molecule has 1 unspecified atom stereocenters. The number of aliphatic hydroxyl groups excluding tert-OH is 1. The van der Waals surface area contributed by atoms with Gasteiger partial charge in [0.1, 0.15) is 6.10 Å². The van der Waals surface area contributed by atoms with Gasteiger partial charge in [-0.25, -0.2) is 0 Å². The largest absolute Gasteiger partial charge is 0.391 e. The molecule has 0 aromatic heterocycles. The molecule has 0 aromatic rings. The average molecular weight is 336 g/mol. The van der Waals surface area contributed by atoms with Gasteiger partial charge in [0.05, 0.1) is 12.5 Å². The summed E-state index contributed by atoms with van der Waals surface area (Å²) < 4.78 is 37.8. The number of alkyl halides is 3. The summed E-state index contributed by atoms with van der Waals surface area (Å²) in [4.78, 5) is 25.2. The zero-order chi connectivity index (χ0) is 17.0. The summed E-state index contributed by atoms with van der Waals surface area (Å²) in [5.41, 5.74) is 0. The van der Waals surface area contributed by atoms with Crippen molar-refractivity contribution in [3.63, 3.8) is 0 Å². The van der Waals surface area contributed by atoms with Crippen LogP contribution in [0.4, 0.5) is 13.2 Å². The Labute approximate surface area is 133 Å². The van der Waals surface area contributed by atoms with Crippen molar-refractivity contribution in [3.05, 3.63) is 0 Å². The molecule has 2 N–H and O–H groups in total. The molecular formula is C15H23F3N2O3. The highest BCUT2D eigenvalue weighted by Crippen LogP contribution is 2.37. The fourth-order valence-electron chi connectivity index (χ4n) is 3.25. The Balaban J connectivity index is 1.78. The van der Waals surface area contributed by atoms with Gasteiger partial charge in [-0.05, 0) is 44.9 Å². The molecule has 23 heavy (non-hydrogen) atoms. The molecule has 0 bridgehead atoms. The lowest BCUT2D eigenvalue weighted by molar-refractivity contribution is -0.182. The molecule has 1 heterocycles. The van der Waals surface area contributed by atoms with Gasteiger partial charge in [-0.15, -0.1) is 0 Å². The number of aliphatic hydroxyl groups is 1. The number of likely N-dealkylation sites (tertiary alicyclic amines) is 1. The molecule has 1 saturated heterocycles. The van der Waals surface area contributed by atoms with Gasteiger partial charge < -0.3 is 15.3 Å². The normalized spacial score (nSPS) is 30.0. The molecule has 2 fully saturated rings. The van der Waals surface area contributed by atoms with E-state index in [2.05, 4.69) is 5.32 Å². The molecular weight excluding hydrogens is 313 g/mol. The quantitative estimate of drug-likeness (QED) is 0.822. The van der Waals surface area contributed by atoms with Gasteiger partial charge in [0.25, 0.3) is 5.91 Å². The first-order chi connectivity index (χ1) is 10.8. The second kappa shape index (κ2) is 7.51. The highest BCUT2D eigenvalue weighted by atomic mass is 19.4. The minimum Gasteiger partial charge on any atom is -0.383 e. The third-order valence-electron chi connectivity index (χ3n) is 4.64. The second-order valence-electron chi connectivity index (χ2n) is 6.43. The molecule has 0 radical (unpaired) electrons. The smallest absolute Gasteiger partial charge is 0.383 e. The molecule has 0 spiro atoms. The lowest BCUT2D eigenvalue weighted by Crippen LogP contribution is -2.47. The topological polar surface area (TPSA) is 69.6 Å². The monoisotopic (exact) mass is 336 g/mol. The van der Waals surface area contributed by atoms with Gasteiger partial charge in [0.15, 0.2) is 0 Å². The van der Waals surface area contributed by atoms with E-state index in [0.717, 1.165) is 12.8 Å². The number of halogens is 3. The summed E-state index contributed by atoms with van der Waals surface area (Å²) in [7, 11) is 0. The lowest BCUT2D eigenvalue weighted by atomic mass is 9.85. The number of nitrogens with one attached hydrogen (secondary N) is 1. The summed E-state index contributed by atoms with van der Waals surface area (Å²) in [6.07, 6.45) is -2.72. The van der Waals surface area contributed by atoms with Crippen LogP contribution in [0.1, 0.15) is 44.9 Å². The van der Waals surface area contributed by atoms with E-state index in [-0.39, 0.29) is 31.3 Å². The van der Waals surface area contributed by atoms with E-state index < -0.39 is 24.1 Å². The molecule has 2 rings (SSSR count). The number of carbonyl (C=O) groups excluding carboxylic acids is 2. The first-order valence-electron chi connectivity index (χ1n) is 8.10. The lowest BCUT2D eigenvalue weighted by Gasteiger charge is -2.31. The number of carbonyl (C=O) groups is 2. The van der Waals surface area contributed by atoms with Gasteiger partial charge in [0.2, 0.25) is 5.91 Å². The van der Waals surface area contributed by atoms with Gasteiger partial charge in [0, 0.05) is 12.6 Å². The van der Waals surface area contributed by atoms with Crippen molar-refractivity contribution in [2.45, 2.75) is 63.3 Å². The van der Waals surface area contributed by atoms with Crippen LogP contribution in [-0.4, -0.2) is 53.2 Å². The predicted octanol–water partition coefficient (Wildman–Crippen LogP) is 1.60. The Morgan fingerprint density at radius 1 is 1.17 bits per heavy atom. The maximum absolute atomic E-state index is 12.6. The van der Waals surface area contributed by atoms with Gasteiger partial charge in [-0.3, -0.25) is 9.59 Å². The third kappa shape index (κ3) is 5.09. The van der Waals surface area contributed by atoms with E-state index in [1.54, 1.807) is 0 Å². The van der Waals surface area contributed by atoms with Gasteiger partial charge >= 0.3 is 6.18 Å². The number of hydrogen-bond donors (Lipinski definition) is 2. The van der Waals surface area contributed by atoms with Crippen molar-refractivity contribution >= 4 is 11.8 Å². The molecule has 2 aliphatic rings. The van der Waals surface area contributed by atoms with E-state index in [4.69, 9.17) is 0 Å². The van der Waals surface area contributed by atoms with Crippen molar-refractivity contribution in [2.75, 3.05) is 13.1 Å². The Morgan fingerprint density at radius 3 is 2.43 bits per heavy atom. The minimum atomic E-state index is -4.16. The fraction of sp³-hybridized carbons (Fsp3) is 0.867. The molecule has 2 amide bonds. The van der Waals surface area contributed by atoms with Crippen molar-refractivity contribution in [2.24, 2.45) is 5.92 Å². The SMILES string of the molecule is O=C(CN1CCCCC(O)C1=O)NC1CCC(C(F)(F)F)CC1. The molecule has 0 aromatic carbocycles. The minimum absolute atomic E-state index is 0.0236.